The first kappa shape index (κ1) is 45.8. The van der Waals surface area contributed by atoms with Crippen molar-refractivity contribution in [1.29, 1.82) is 0 Å². The van der Waals surface area contributed by atoms with Crippen molar-refractivity contribution in [2.45, 2.75) is 140 Å². The fourth-order valence-corrected chi connectivity index (χ4v) is 9.15. The third-order valence-corrected chi connectivity index (χ3v) is 12.1. The molecule has 4 N–H and O–H groups in total. The number of alkyl carbamates (subject to hydrolysis) is 2. The van der Waals surface area contributed by atoms with Crippen molar-refractivity contribution >= 4 is 29.9 Å². The van der Waals surface area contributed by atoms with E-state index in [-0.39, 0.29) is 29.8 Å². The van der Waals surface area contributed by atoms with E-state index in [9.17, 15) is 24.0 Å². The number of aromatic nitrogens is 2. The number of carbonyl (C=O) groups excluding carboxylic acids is 5. The Balaban J connectivity index is 0.961. The predicted octanol–water partition coefficient (Wildman–Crippen LogP) is 8.41. The summed E-state index contributed by atoms with van der Waals surface area (Å²) < 4.78 is 11.0. The van der Waals surface area contributed by atoms with Crippen LogP contribution in [-0.2, 0) is 23.9 Å². The molecule has 3 heterocycles. The number of nitrogens with zero attached hydrogens (tertiary/aromatic N) is 3. The molecule has 3 aliphatic rings. The van der Waals surface area contributed by atoms with Crippen LogP contribution in [0.15, 0.2) is 91.1 Å². The second-order valence-corrected chi connectivity index (χ2v) is 19.2. The molecule has 7 rings (SSSR count). The Morgan fingerprint density at radius 2 is 1.22 bits per heavy atom. The first-order chi connectivity index (χ1) is 30.5. The Morgan fingerprint density at radius 1 is 0.672 bits per heavy atom. The summed E-state index contributed by atoms with van der Waals surface area (Å²) in [4.78, 5) is 79.6. The van der Waals surface area contributed by atoms with E-state index >= 15 is 0 Å². The van der Waals surface area contributed by atoms with Crippen LogP contribution in [0.2, 0.25) is 0 Å². The monoisotopic (exact) mass is 873 g/mol. The number of amides is 5. The van der Waals surface area contributed by atoms with Gasteiger partial charge in [0.2, 0.25) is 5.91 Å². The summed E-state index contributed by atoms with van der Waals surface area (Å²) in [5.74, 6) is 0.295. The predicted molar refractivity (Wildman–Crippen MR) is 243 cm³/mol. The van der Waals surface area contributed by atoms with Gasteiger partial charge in [0.25, 0.3) is 11.8 Å². The van der Waals surface area contributed by atoms with Crippen molar-refractivity contribution in [3.63, 3.8) is 0 Å². The zero-order valence-corrected chi connectivity index (χ0v) is 37.9. The molecule has 14 heteroatoms. The summed E-state index contributed by atoms with van der Waals surface area (Å²) in [6.45, 7) is 11.6. The first-order valence-electron chi connectivity index (χ1n) is 22.7. The topological polar surface area (TPSA) is 175 Å². The molecule has 1 aliphatic carbocycles. The van der Waals surface area contributed by atoms with E-state index < -0.39 is 41.5 Å². The van der Waals surface area contributed by atoms with Gasteiger partial charge >= 0.3 is 12.2 Å². The fourth-order valence-electron chi connectivity index (χ4n) is 9.15. The zero-order valence-electron chi connectivity index (χ0n) is 37.9. The zero-order chi connectivity index (χ0) is 45.6. The van der Waals surface area contributed by atoms with Crippen LogP contribution in [0.1, 0.15) is 139 Å². The first-order valence-corrected chi connectivity index (χ1v) is 22.7. The molecule has 5 amide bonds. The molecule has 4 aromatic rings. The molecule has 14 nitrogen and oxygen atoms in total. The highest BCUT2D eigenvalue weighted by atomic mass is 16.6. The lowest BCUT2D eigenvalue weighted by molar-refractivity contribution is -0.140. The third kappa shape index (κ3) is 11.5. The van der Waals surface area contributed by atoms with E-state index in [4.69, 9.17) is 14.5 Å². The lowest BCUT2D eigenvalue weighted by Crippen LogP contribution is -2.52. The summed E-state index contributed by atoms with van der Waals surface area (Å²) in [6.07, 6.45) is 6.66. The molecule has 340 valence electrons. The Kier molecular flexibility index (Phi) is 14.1. The number of carbonyl (C=O) groups is 5. The number of hydrogen-bond acceptors (Lipinski definition) is 8. The second kappa shape index (κ2) is 19.7. The number of aromatic amines is 1. The van der Waals surface area contributed by atoms with Crippen LogP contribution in [0, 0.1) is 0 Å². The van der Waals surface area contributed by atoms with Crippen LogP contribution in [0.5, 0.6) is 0 Å². The minimum absolute atomic E-state index is 0.0117. The number of H-pyrrole nitrogens is 1. The number of nitrogens with one attached hydrogen (secondary N) is 4. The number of likely N-dealkylation sites (tertiary alicyclic amines) is 2. The second-order valence-electron chi connectivity index (χ2n) is 19.2. The molecular weight excluding hydrogens is 811 g/mol. The lowest BCUT2D eigenvalue weighted by Gasteiger charge is -2.33. The average Bonchev–Trinajstić information content (AvgIpc) is 4.06. The van der Waals surface area contributed by atoms with Gasteiger partial charge in [-0.3, -0.25) is 14.4 Å². The summed E-state index contributed by atoms with van der Waals surface area (Å²) in [7, 11) is 0. The van der Waals surface area contributed by atoms with Gasteiger partial charge in [0.05, 0.1) is 17.9 Å². The van der Waals surface area contributed by atoms with Gasteiger partial charge in [-0.25, -0.2) is 14.6 Å². The Morgan fingerprint density at radius 3 is 1.80 bits per heavy atom. The van der Waals surface area contributed by atoms with Crippen molar-refractivity contribution < 1.29 is 33.4 Å². The molecular formula is C50H63N7O7. The van der Waals surface area contributed by atoms with Crippen LogP contribution >= 0.6 is 0 Å². The lowest BCUT2D eigenvalue weighted by atomic mass is 9.81. The maximum absolute atomic E-state index is 14.2. The molecule has 1 saturated carbocycles. The molecule has 64 heavy (non-hydrogen) atoms. The van der Waals surface area contributed by atoms with Gasteiger partial charge in [0.1, 0.15) is 35.2 Å². The van der Waals surface area contributed by atoms with E-state index in [2.05, 4.69) is 45.2 Å². The molecule has 2 saturated heterocycles. The van der Waals surface area contributed by atoms with Crippen LogP contribution in [0.25, 0.3) is 11.3 Å². The molecule has 0 unspecified atom stereocenters. The number of imidazole rings is 1. The van der Waals surface area contributed by atoms with Gasteiger partial charge in [-0.1, -0.05) is 78.9 Å². The summed E-state index contributed by atoms with van der Waals surface area (Å²) >= 11 is 0. The molecule has 4 atom stereocenters. The maximum atomic E-state index is 14.2. The Hall–Kier alpha value is -6.18. The summed E-state index contributed by atoms with van der Waals surface area (Å²) in [6, 6.07) is 23.9. The largest absolute Gasteiger partial charge is 0.444 e. The van der Waals surface area contributed by atoms with Crippen LogP contribution < -0.4 is 16.0 Å². The molecule has 3 fully saturated rings. The summed E-state index contributed by atoms with van der Waals surface area (Å²) in [5.41, 5.74) is 2.91. The highest BCUT2D eigenvalue weighted by molar-refractivity contribution is 5.92. The average molecular weight is 874 g/mol. The van der Waals surface area contributed by atoms with Crippen molar-refractivity contribution in [2.24, 2.45) is 0 Å². The van der Waals surface area contributed by atoms with Crippen LogP contribution in [0.4, 0.5) is 9.59 Å². The minimum atomic E-state index is -0.988. The molecule has 3 aromatic carbocycles. The highest BCUT2D eigenvalue weighted by Gasteiger charge is 2.40. The maximum Gasteiger partial charge on any atom is 0.408 e. The molecule has 0 radical (unpaired) electrons. The Labute approximate surface area is 376 Å². The van der Waals surface area contributed by atoms with Gasteiger partial charge in [-0.2, -0.15) is 0 Å². The smallest absolute Gasteiger partial charge is 0.408 e. The quantitative estimate of drug-likeness (QED) is 0.116. The number of hydrogen-bond donors (Lipinski definition) is 4. The third-order valence-electron chi connectivity index (χ3n) is 12.1. The van der Waals surface area contributed by atoms with Crippen molar-refractivity contribution in [3.05, 3.63) is 114 Å². The fraction of sp³-hybridized carbons (Fsp3) is 0.480. The van der Waals surface area contributed by atoms with Crippen molar-refractivity contribution in [3.8, 4) is 11.3 Å². The highest BCUT2D eigenvalue weighted by Crippen LogP contribution is 2.37. The van der Waals surface area contributed by atoms with E-state index in [1.165, 1.54) is 5.56 Å². The van der Waals surface area contributed by atoms with Crippen molar-refractivity contribution in [2.75, 3.05) is 13.1 Å². The number of rotatable bonds is 11. The van der Waals surface area contributed by atoms with Crippen LogP contribution in [0.3, 0.4) is 0 Å². The molecule has 2 aliphatic heterocycles. The summed E-state index contributed by atoms with van der Waals surface area (Å²) in [5, 5.41) is 8.85. The van der Waals surface area contributed by atoms with E-state index in [1.807, 2.05) is 54.7 Å². The van der Waals surface area contributed by atoms with E-state index in [0.29, 0.717) is 48.8 Å². The molecule has 1 aromatic heterocycles. The normalized spacial score (nSPS) is 21.1. The van der Waals surface area contributed by atoms with Gasteiger partial charge in [-0.05, 0) is 127 Å². The van der Waals surface area contributed by atoms with Crippen LogP contribution in [-0.4, -0.2) is 86.1 Å². The SMILES string of the molecule is CC(C)(C)OC(=O)N[C@@H](C(=O)N1CCC[C@H]1C(=O)N[C@H]1CC[C@H](c2cccc(-c3cnc([C@@H]4CCCN4C(=O)[C@H](NC(=O)OC(C)(C)C)c4ccccc4)[nH]3)c2)CC1)c1ccccc1. The Bertz CT molecular complexity index is 2260. The number of ether oxygens (including phenoxy) is 2. The van der Waals surface area contributed by atoms with Gasteiger partial charge in [-0.15, -0.1) is 0 Å². The van der Waals surface area contributed by atoms with Gasteiger partial charge < -0.3 is 40.2 Å². The van der Waals surface area contributed by atoms with E-state index in [0.717, 1.165) is 49.8 Å². The van der Waals surface area contributed by atoms with Crippen molar-refractivity contribution in [1.82, 2.24) is 35.7 Å². The number of benzene rings is 3. The standard InChI is InChI=1S/C50H63N7O7/c1-49(2,3)63-47(61)54-41(33-16-9-7-10-17-33)45(59)56-28-14-22-39(56)43-51-31-38(53-43)36-21-13-20-35(30-36)32-24-26-37(27-25-32)52-44(58)40-23-15-29-57(40)46(60)42(34-18-11-8-12-19-34)55-48(62)64-50(4,5)6/h7-13,16-21,30-32,37,39-42H,14-15,22-29H2,1-6H3,(H,51,53)(H,52,58)(H,54,61)(H,55,62)/t32-,37-,39-,40-,41+,42+/m0/s1. The van der Waals surface area contributed by atoms with Gasteiger partial charge in [0.15, 0.2) is 0 Å². The molecule has 0 spiro atoms. The molecule has 0 bridgehead atoms. The van der Waals surface area contributed by atoms with Gasteiger partial charge in [0, 0.05) is 19.1 Å². The van der Waals surface area contributed by atoms with E-state index in [1.54, 1.807) is 63.5 Å². The minimum Gasteiger partial charge on any atom is -0.444 e.